The average Bonchev–Trinajstić information content (AvgIpc) is 2.75. The summed E-state index contributed by atoms with van der Waals surface area (Å²) in [6, 6.07) is 16.4. The van der Waals surface area contributed by atoms with E-state index in [1.807, 2.05) is 0 Å². The molecule has 0 radical (unpaired) electrons. The number of aliphatic carboxylic acids is 1. The van der Waals surface area contributed by atoms with Gasteiger partial charge in [-0.2, -0.15) is 0 Å². The molecule has 3 aromatic carbocycles. The first kappa shape index (κ1) is 24.1. The van der Waals surface area contributed by atoms with Gasteiger partial charge in [0.15, 0.2) is 0 Å². The Morgan fingerprint density at radius 3 is 2.31 bits per heavy atom. The molecule has 3 rings (SSSR count). The quantitative estimate of drug-likeness (QED) is 0.371. The molecule has 2 N–H and O–H groups in total. The van der Waals surface area contributed by atoms with E-state index in [0.29, 0.717) is 10.8 Å². The van der Waals surface area contributed by atoms with Gasteiger partial charge in [-0.15, -0.1) is 0 Å². The molecule has 1 unspecified atom stereocenters. The minimum atomic E-state index is -3.99. The van der Waals surface area contributed by atoms with Crippen molar-refractivity contribution in [1.82, 2.24) is 0 Å². The van der Waals surface area contributed by atoms with Crippen LogP contribution in [-0.4, -0.2) is 39.8 Å². The van der Waals surface area contributed by atoms with Crippen LogP contribution in [0.2, 0.25) is 15.3 Å². The fourth-order valence-corrected chi connectivity index (χ4v) is 5.51. The van der Waals surface area contributed by atoms with Crippen molar-refractivity contribution in [1.29, 1.82) is 0 Å². The molecule has 3 aromatic rings. The van der Waals surface area contributed by atoms with E-state index in [0.717, 1.165) is 0 Å². The molecular formula is C21H16AsCl2NO6S. The number of anilines is 1. The van der Waals surface area contributed by atoms with Gasteiger partial charge in [0.1, 0.15) is 0 Å². The van der Waals surface area contributed by atoms with Crippen molar-refractivity contribution >= 4 is 65.2 Å². The minimum absolute atomic E-state index is 0.0633. The van der Waals surface area contributed by atoms with Crippen LogP contribution in [0.15, 0.2) is 71.6 Å². The Balaban J connectivity index is 1.79. The van der Waals surface area contributed by atoms with Crippen molar-refractivity contribution in [3.63, 3.8) is 0 Å². The van der Waals surface area contributed by atoms with Crippen molar-refractivity contribution in [3.05, 3.63) is 82.3 Å². The van der Waals surface area contributed by atoms with Crippen LogP contribution in [0.1, 0.15) is 10.4 Å². The van der Waals surface area contributed by atoms with Gasteiger partial charge in [-0.25, -0.2) is 0 Å². The SMILES string of the molecule is O=C(O)C[AsH]C(=O)c1ccc(S(=O)(=O)Nc2ccccc2Oc2ccc(Cl)cc2Cl)cc1. The summed E-state index contributed by atoms with van der Waals surface area (Å²) in [5.74, 6) is -0.496. The number of sulfonamides is 1. The third-order valence-corrected chi connectivity index (χ3v) is 8.27. The third kappa shape index (κ3) is 6.26. The van der Waals surface area contributed by atoms with E-state index in [-0.39, 0.29) is 36.7 Å². The summed E-state index contributed by atoms with van der Waals surface area (Å²) in [6.07, 6.45) is 0. The number of ether oxygens (including phenoxy) is 1. The van der Waals surface area contributed by atoms with Crippen LogP contribution in [0.4, 0.5) is 5.69 Å². The summed E-state index contributed by atoms with van der Waals surface area (Å²) in [4.78, 5) is 22.6. The van der Waals surface area contributed by atoms with Crippen LogP contribution < -0.4 is 9.46 Å². The predicted octanol–water partition coefficient (Wildman–Crippen LogP) is 4.67. The van der Waals surface area contributed by atoms with Gasteiger partial charge in [-0.05, 0) is 12.1 Å². The molecule has 0 aliphatic carbocycles. The van der Waals surface area contributed by atoms with Crippen LogP contribution >= 0.6 is 23.2 Å². The Bertz CT molecular complexity index is 1270. The van der Waals surface area contributed by atoms with Crippen LogP contribution in [-0.2, 0) is 14.8 Å². The Hall–Kier alpha value is -2.51. The van der Waals surface area contributed by atoms with E-state index in [4.69, 9.17) is 33.0 Å². The van der Waals surface area contributed by atoms with E-state index in [1.165, 1.54) is 36.4 Å². The zero-order chi connectivity index (χ0) is 23.3. The summed E-state index contributed by atoms with van der Waals surface area (Å²) in [6.45, 7) is 0. The molecule has 0 saturated carbocycles. The number of carbonyl (C=O) groups excluding carboxylic acids is 1. The van der Waals surface area contributed by atoms with Gasteiger partial charge in [-0.3, -0.25) is 0 Å². The van der Waals surface area contributed by atoms with Gasteiger partial charge in [0.25, 0.3) is 0 Å². The molecule has 1 atom stereocenters. The first-order valence-electron chi connectivity index (χ1n) is 9.00. The Morgan fingerprint density at radius 2 is 1.66 bits per heavy atom. The summed E-state index contributed by atoms with van der Waals surface area (Å²) in [5.41, 5.74) is 0.470. The number of para-hydroxylation sites is 2. The molecule has 0 amide bonds. The molecular weight excluding hydrogens is 540 g/mol. The number of carboxylic acid groups (broad SMARTS) is 1. The predicted molar refractivity (Wildman–Crippen MR) is 124 cm³/mol. The molecule has 0 saturated heterocycles. The first-order chi connectivity index (χ1) is 15.2. The number of nitrogens with one attached hydrogen (secondary N) is 1. The van der Waals surface area contributed by atoms with Crippen LogP contribution in [0.25, 0.3) is 0 Å². The van der Waals surface area contributed by atoms with Gasteiger partial charge >= 0.3 is 161 Å². The maximum absolute atomic E-state index is 12.8. The van der Waals surface area contributed by atoms with Gasteiger partial charge in [0.05, 0.1) is 0 Å². The van der Waals surface area contributed by atoms with Crippen molar-refractivity contribution in [2.45, 2.75) is 10.1 Å². The second kappa shape index (κ2) is 10.4. The number of rotatable bonds is 9. The number of carbonyl (C=O) groups is 2. The second-order valence-corrected chi connectivity index (χ2v) is 11.3. The molecule has 7 nitrogen and oxygen atoms in total. The molecule has 0 bridgehead atoms. The van der Waals surface area contributed by atoms with Crippen LogP contribution in [0, 0.1) is 0 Å². The fourth-order valence-electron chi connectivity index (χ4n) is 2.56. The number of hydrogen-bond acceptors (Lipinski definition) is 5. The summed E-state index contributed by atoms with van der Waals surface area (Å²) in [7, 11) is -3.99. The van der Waals surface area contributed by atoms with E-state index in [9.17, 15) is 18.0 Å². The van der Waals surface area contributed by atoms with Gasteiger partial charge < -0.3 is 0 Å². The normalized spacial score (nSPS) is 11.4. The molecule has 32 heavy (non-hydrogen) atoms. The Labute approximate surface area is 201 Å². The molecule has 0 heterocycles. The van der Waals surface area contributed by atoms with Crippen molar-refractivity contribution < 1.29 is 27.9 Å². The number of benzene rings is 3. The van der Waals surface area contributed by atoms with Crippen molar-refractivity contribution in [3.8, 4) is 11.5 Å². The molecule has 0 spiro atoms. The average molecular weight is 556 g/mol. The zero-order valence-electron chi connectivity index (χ0n) is 16.2. The van der Waals surface area contributed by atoms with Crippen LogP contribution in [0.5, 0.6) is 11.5 Å². The van der Waals surface area contributed by atoms with E-state index in [2.05, 4.69) is 4.72 Å². The Morgan fingerprint density at radius 1 is 0.969 bits per heavy atom. The zero-order valence-corrected chi connectivity index (χ0v) is 20.6. The van der Waals surface area contributed by atoms with E-state index < -0.39 is 31.7 Å². The van der Waals surface area contributed by atoms with Gasteiger partial charge in [0, 0.05) is 5.02 Å². The van der Waals surface area contributed by atoms with Crippen LogP contribution in [0.3, 0.4) is 0 Å². The third-order valence-electron chi connectivity index (χ3n) is 4.07. The molecule has 0 aliphatic rings. The maximum atomic E-state index is 12.8. The molecule has 0 fully saturated rings. The second-order valence-electron chi connectivity index (χ2n) is 6.38. The topological polar surface area (TPSA) is 110 Å². The fraction of sp³-hybridized carbons (Fsp3) is 0.0476. The number of halogens is 2. The van der Waals surface area contributed by atoms with Crippen molar-refractivity contribution in [2.24, 2.45) is 0 Å². The molecule has 0 aliphatic heterocycles. The monoisotopic (exact) mass is 555 g/mol. The summed E-state index contributed by atoms with van der Waals surface area (Å²) in [5, 5.41) is 9.24. The molecule has 166 valence electrons. The number of carboxylic acids is 1. The number of hydrogen-bond donors (Lipinski definition) is 2. The van der Waals surface area contributed by atoms with Gasteiger partial charge in [-0.1, -0.05) is 23.2 Å². The van der Waals surface area contributed by atoms with Gasteiger partial charge in [0.2, 0.25) is 0 Å². The Kier molecular flexibility index (Phi) is 7.85. The van der Waals surface area contributed by atoms with E-state index in [1.54, 1.807) is 30.3 Å². The summed E-state index contributed by atoms with van der Waals surface area (Å²) >= 11 is 10.7. The molecule has 11 heteroatoms. The molecule has 0 aromatic heterocycles. The standard InChI is InChI=1S/C21H16AsCl2NO6S/c23-14-7-10-18(16(24)11-14)31-19-4-2-1-3-17(19)25-32(29,30)15-8-5-13(6-9-15)21(28)22-12-20(26)27/h1-11,22,25H,12H2,(H,26,27). The first-order valence-corrected chi connectivity index (χ1v) is 13.8. The van der Waals surface area contributed by atoms with E-state index >= 15 is 0 Å². The van der Waals surface area contributed by atoms with Crippen molar-refractivity contribution in [2.75, 3.05) is 4.72 Å². The summed E-state index contributed by atoms with van der Waals surface area (Å²) < 4.78 is 33.7.